The molecular formula is C7H8ClNO2. The minimum Gasteiger partial charge on any atom is -0.478 e. The Kier molecular flexibility index (Phi) is 5.22. The highest BCUT2D eigenvalue weighted by atomic mass is 35.5. The summed E-state index contributed by atoms with van der Waals surface area (Å²) in [5, 5.41) is 16.6. The number of carbonyl (C=O) groups is 1. The Bertz CT molecular complexity index is 205. The van der Waals surface area contributed by atoms with Crippen molar-refractivity contribution < 1.29 is 9.90 Å². The van der Waals surface area contributed by atoms with Gasteiger partial charge >= 0.3 is 5.97 Å². The molecule has 1 N–H and O–H groups in total. The summed E-state index contributed by atoms with van der Waals surface area (Å²) in [4.78, 5) is 10.3. The summed E-state index contributed by atoms with van der Waals surface area (Å²) in [5.41, 5.74) is 0.119. The summed E-state index contributed by atoms with van der Waals surface area (Å²) in [6.07, 6.45) is 1.97. The molecule has 0 saturated carbocycles. The molecule has 0 aromatic carbocycles. The van der Waals surface area contributed by atoms with Gasteiger partial charge in [-0.2, -0.15) is 5.26 Å². The largest absolute Gasteiger partial charge is 0.478 e. The Balaban J connectivity index is 4.04. The molecule has 3 nitrogen and oxygen atoms in total. The number of hydrogen-bond acceptors (Lipinski definition) is 2. The van der Waals surface area contributed by atoms with Crippen molar-refractivity contribution in [2.75, 3.05) is 5.88 Å². The lowest BCUT2D eigenvalue weighted by Crippen LogP contribution is -2.00. The van der Waals surface area contributed by atoms with Crippen LogP contribution in [-0.4, -0.2) is 17.0 Å². The van der Waals surface area contributed by atoms with Crippen LogP contribution in [0.15, 0.2) is 11.6 Å². The van der Waals surface area contributed by atoms with Gasteiger partial charge in [0.25, 0.3) is 0 Å². The summed E-state index contributed by atoms with van der Waals surface area (Å²) in [7, 11) is 0. The first kappa shape index (κ1) is 9.99. The Morgan fingerprint density at radius 1 is 1.73 bits per heavy atom. The molecule has 0 aliphatic heterocycles. The average molecular weight is 174 g/mol. The number of carboxylic acid groups (broad SMARTS) is 1. The smallest absolute Gasteiger partial charge is 0.332 e. The van der Waals surface area contributed by atoms with E-state index in [1.54, 1.807) is 6.07 Å². The standard InChI is InChI=1S/C7H8ClNO2/c8-4-1-2-6(3-5-9)7(10)11/h3H,1-2,4H2,(H,10,11)/b6-3-. The van der Waals surface area contributed by atoms with Gasteiger partial charge in [-0.15, -0.1) is 11.6 Å². The van der Waals surface area contributed by atoms with Crippen molar-refractivity contribution in [1.82, 2.24) is 0 Å². The van der Waals surface area contributed by atoms with Gasteiger partial charge in [0.15, 0.2) is 0 Å². The second-order valence-electron chi connectivity index (χ2n) is 1.90. The number of halogens is 1. The van der Waals surface area contributed by atoms with Crippen LogP contribution in [0.25, 0.3) is 0 Å². The predicted molar refractivity (Wildman–Crippen MR) is 41.3 cm³/mol. The van der Waals surface area contributed by atoms with E-state index >= 15 is 0 Å². The van der Waals surface area contributed by atoms with Crippen LogP contribution in [-0.2, 0) is 4.79 Å². The number of carboxylic acids is 1. The van der Waals surface area contributed by atoms with E-state index in [4.69, 9.17) is 22.0 Å². The van der Waals surface area contributed by atoms with Crippen molar-refractivity contribution in [3.8, 4) is 6.07 Å². The molecule has 0 spiro atoms. The van der Waals surface area contributed by atoms with E-state index in [-0.39, 0.29) is 5.57 Å². The molecule has 4 heteroatoms. The summed E-state index contributed by atoms with van der Waals surface area (Å²) in [5.74, 6) is -0.632. The zero-order valence-electron chi connectivity index (χ0n) is 5.88. The van der Waals surface area contributed by atoms with Crippen LogP contribution in [0.5, 0.6) is 0 Å². The lowest BCUT2D eigenvalue weighted by molar-refractivity contribution is -0.132. The molecule has 0 radical (unpaired) electrons. The van der Waals surface area contributed by atoms with E-state index in [0.29, 0.717) is 18.7 Å². The number of hydrogen-bond donors (Lipinski definition) is 1. The predicted octanol–water partition coefficient (Wildman–Crippen LogP) is 1.54. The Labute approximate surface area is 69.9 Å². The number of allylic oxidation sites excluding steroid dienone is 1. The summed E-state index contributed by atoms with van der Waals surface area (Å²) >= 11 is 5.35. The lowest BCUT2D eigenvalue weighted by Gasteiger charge is -1.95. The van der Waals surface area contributed by atoms with Crippen LogP contribution >= 0.6 is 11.6 Å². The van der Waals surface area contributed by atoms with Crippen molar-refractivity contribution in [1.29, 1.82) is 5.26 Å². The summed E-state index contributed by atoms with van der Waals surface area (Å²) < 4.78 is 0. The van der Waals surface area contributed by atoms with Crippen molar-refractivity contribution in [2.24, 2.45) is 0 Å². The summed E-state index contributed by atoms with van der Waals surface area (Å²) in [6.45, 7) is 0. The van der Waals surface area contributed by atoms with Gasteiger partial charge < -0.3 is 5.11 Å². The van der Waals surface area contributed by atoms with E-state index in [1.165, 1.54) is 0 Å². The lowest BCUT2D eigenvalue weighted by atomic mass is 10.1. The van der Waals surface area contributed by atoms with E-state index in [1.807, 2.05) is 0 Å². The highest BCUT2D eigenvalue weighted by Crippen LogP contribution is 2.05. The minimum atomic E-state index is -1.04. The first-order valence-corrected chi connectivity index (χ1v) is 3.63. The number of nitrogens with zero attached hydrogens (tertiary/aromatic N) is 1. The molecule has 0 aliphatic carbocycles. The molecule has 0 aliphatic rings. The number of nitriles is 1. The van der Waals surface area contributed by atoms with Crippen molar-refractivity contribution >= 4 is 17.6 Å². The first-order chi connectivity index (χ1) is 5.22. The topological polar surface area (TPSA) is 61.1 Å². The van der Waals surface area contributed by atoms with Crippen LogP contribution in [0.2, 0.25) is 0 Å². The van der Waals surface area contributed by atoms with Crippen molar-refractivity contribution in [3.63, 3.8) is 0 Å². The molecule has 0 saturated heterocycles. The Hall–Kier alpha value is -1.01. The van der Waals surface area contributed by atoms with Gasteiger partial charge in [0, 0.05) is 17.5 Å². The average Bonchev–Trinajstić information content (AvgIpc) is 1.97. The van der Waals surface area contributed by atoms with Crippen LogP contribution in [0.3, 0.4) is 0 Å². The van der Waals surface area contributed by atoms with E-state index in [9.17, 15) is 4.79 Å². The fourth-order valence-corrected chi connectivity index (χ4v) is 0.710. The molecule has 0 amide bonds. The van der Waals surface area contributed by atoms with Crippen molar-refractivity contribution in [2.45, 2.75) is 12.8 Å². The van der Waals surface area contributed by atoms with Crippen LogP contribution < -0.4 is 0 Å². The monoisotopic (exact) mass is 173 g/mol. The first-order valence-electron chi connectivity index (χ1n) is 3.10. The molecule has 0 fully saturated rings. The molecule has 0 heterocycles. The van der Waals surface area contributed by atoms with E-state index in [2.05, 4.69) is 0 Å². The second kappa shape index (κ2) is 5.75. The zero-order chi connectivity index (χ0) is 8.69. The molecule has 0 unspecified atom stereocenters. The van der Waals surface area contributed by atoms with Crippen LogP contribution in [0.4, 0.5) is 0 Å². The number of rotatable bonds is 4. The number of aliphatic carboxylic acids is 1. The second-order valence-corrected chi connectivity index (χ2v) is 2.27. The van der Waals surface area contributed by atoms with Gasteiger partial charge in [0.1, 0.15) is 0 Å². The molecule has 0 aromatic heterocycles. The van der Waals surface area contributed by atoms with Crippen LogP contribution in [0, 0.1) is 11.3 Å². The molecule has 60 valence electrons. The molecule has 11 heavy (non-hydrogen) atoms. The molecule has 0 bridgehead atoms. The highest BCUT2D eigenvalue weighted by Gasteiger charge is 2.05. The van der Waals surface area contributed by atoms with Crippen molar-refractivity contribution in [3.05, 3.63) is 11.6 Å². The third kappa shape index (κ3) is 4.40. The molecule has 0 atom stereocenters. The SMILES string of the molecule is N#C/C=C(/CCCCl)C(=O)O. The Morgan fingerprint density at radius 3 is 2.73 bits per heavy atom. The van der Waals surface area contributed by atoms with Gasteiger partial charge in [0.2, 0.25) is 0 Å². The van der Waals surface area contributed by atoms with Gasteiger partial charge in [-0.25, -0.2) is 4.79 Å². The summed E-state index contributed by atoms with van der Waals surface area (Å²) in [6, 6.07) is 1.67. The molecule has 0 rings (SSSR count). The maximum atomic E-state index is 10.3. The fourth-order valence-electron chi connectivity index (χ4n) is 0.576. The number of alkyl halides is 1. The quantitative estimate of drug-likeness (QED) is 0.399. The van der Waals surface area contributed by atoms with E-state index in [0.717, 1.165) is 6.08 Å². The van der Waals surface area contributed by atoms with E-state index < -0.39 is 5.97 Å². The third-order valence-electron chi connectivity index (χ3n) is 1.09. The maximum absolute atomic E-state index is 10.3. The van der Waals surface area contributed by atoms with Crippen LogP contribution in [0.1, 0.15) is 12.8 Å². The third-order valence-corrected chi connectivity index (χ3v) is 1.36. The van der Waals surface area contributed by atoms with Gasteiger partial charge in [-0.1, -0.05) is 0 Å². The highest BCUT2D eigenvalue weighted by molar-refractivity contribution is 6.17. The van der Waals surface area contributed by atoms with Gasteiger partial charge in [-0.05, 0) is 12.8 Å². The molecule has 0 aromatic rings. The fraction of sp³-hybridized carbons (Fsp3) is 0.429. The zero-order valence-corrected chi connectivity index (χ0v) is 6.64. The Morgan fingerprint density at radius 2 is 2.36 bits per heavy atom. The molecular weight excluding hydrogens is 166 g/mol. The normalized spacial score (nSPS) is 10.7. The maximum Gasteiger partial charge on any atom is 0.332 e. The van der Waals surface area contributed by atoms with Gasteiger partial charge in [0.05, 0.1) is 6.07 Å². The minimum absolute atomic E-state index is 0.119. The van der Waals surface area contributed by atoms with Gasteiger partial charge in [-0.3, -0.25) is 0 Å².